The fourth-order valence-corrected chi connectivity index (χ4v) is 3.51. The van der Waals surface area contributed by atoms with Crippen LogP contribution in [0.2, 0.25) is 10.0 Å². The molecule has 0 saturated heterocycles. The van der Waals surface area contributed by atoms with E-state index in [4.69, 9.17) is 27.9 Å². The number of hydrogen-bond donors (Lipinski definition) is 0. The van der Waals surface area contributed by atoms with E-state index in [1.807, 2.05) is 11.6 Å². The Morgan fingerprint density at radius 3 is 2.84 bits per heavy atom. The molecule has 1 aromatic carbocycles. The SMILES string of the molecule is C[C@@H]1c2nc(C3CC3)nn2CCN1C(=O)COc1ccc(Cl)cc1Cl. The zero-order valence-electron chi connectivity index (χ0n) is 13.8. The molecule has 0 bridgehead atoms. The maximum atomic E-state index is 12.6. The third-order valence-electron chi connectivity index (χ3n) is 4.62. The highest BCUT2D eigenvalue weighted by molar-refractivity contribution is 6.35. The first-order valence-electron chi connectivity index (χ1n) is 8.35. The number of fused-ring (bicyclic) bond motifs is 1. The lowest BCUT2D eigenvalue weighted by Crippen LogP contribution is -2.43. The summed E-state index contributed by atoms with van der Waals surface area (Å²) in [6, 6.07) is 4.81. The number of benzene rings is 1. The summed E-state index contributed by atoms with van der Waals surface area (Å²) in [5.41, 5.74) is 0. The molecule has 1 aliphatic carbocycles. The fraction of sp³-hybridized carbons (Fsp3) is 0.471. The van der Waals surface area contributed by atoms with Crippen LogP contribution >= 0.6 is 23.2 Å². The van der Waals surface area contributed by atoms with E-state index in [0.29, 0.717) is 34.8 Å². The smallest absolute Gasteiger partial charge is 0.261 e. The molecule has 0 unspecified atom stereocenters. The zero-order valence-corrected chi connectivity index (χ0v) is 15.3. The third kappa shape index (κ3) is 3.33. The number of hydrogen-bond acceptors (Lipinski definition) is 4. The lowest BCUT2D eigenvalue weighted by molar-refractivity contribution is -0.136. The second kappa shape index (κ2) is 6.50. The highest BCUT2D eigenvalue weighted by Crippen LogP contribution is 2.39. The molecule has 1 fully saturated rings. The Morgan fingerprint density at radius 2 is 2.12 bits per heavy atom. The third-order valence-corrected chi connectivity index (χ3v) is 5.15. The van der Waals surface area contributed by atoms with Gasteiger partial charge in [-0.05, 0) is 38.0 Å². The van der Waals surface area contributed by atoms with Crippen LogP contribution < -0.4 is 4.74 Å². The Labute approximate surface area is 155 Å². The highest BCUT2D eigenvalue weighted by atomic mass is 35.5. The lowest BCUT2D eigenvalue weighted by Gasteiger charge is -2.32. The van der Waals surface area contributed by atoms with Crippen molar-refractivity contribution in [2.45, 2.75) is 38.3 Å². The van der Waals surface area contributed by atoms with E-state index >= 15 is 0 Å². The van der Waals surface area contributed by atoms with Crippen molar-refractivity contribution >= 4 is 29.1 Å². The average Bonchev–Trinajstić information content (AvgIpc) is 3.33. The van der Waals surface area contributed by atoms with Crippen LogP contribution in [0, 0.1) is 0 Å². The molecule has 0 N–H and O–H groups in total. The minimum Gasteiger partial charge on any atom is -0.482 e. The lowest BCUT2D eigenvalue weighted by atomic mass is 10.2. The maximum Gasteiger partial charge on any atom is 0.261 e. The first-order chi connectivity index (χ1) is 12.0. The zero-order chi connectivity index (χ0) is 17.6. The Kier molecular flexibility index (Phi) is 4.33. The van der Waals surface area contributed by atoms with Gasteiger partial charge in [0.15, 0.2) is 12.4 Å². The summed E-state index contributed by atoms with van der Waals surface area (Å²) in [6.45, 7) is 3.16. The molecule has 1 aromatic heterocycles. The fourth-order valence-electron chi connectivity index (χ4n) is 3.05. The molecule has 2 aliphatic rings. The summed E-state index contributed by atoms with van der Waals surface area (Å²) in [7, 11) is 0. The minimum absolute atomic E-state index is 0.0741. The van der Waals surface area contributed by atoms with Gasteiger partial charge in [-0.25, -0.2) is 9.67 Å². The van der Waals surface area contributed by atoms with Crippen LogP contribution in [0.1, 0.15) is 43.4 Å². The summed E-state index contributed by atoms with van der Waals surface area (Å²) in [5.74, 6) is 2.63. The topological polar surface area (TPSA) is 60.2 Å². The molecule has 1 saturated carbocycles. The van der Waals surface area contributed by atoms with Crippen molar-refractivity contribution in [3.63, 3.8) is 0 Å². The number of halogens is 2. The van der Waals surface area contributed by atoms with Crippen molar-refractivity contribution in [2.75, 3.05) is 13.2 Å². The number of rotatable bonds is 4. The number of aromatic nitrogens is 3. The van der Waals surface area contributed by atoms with Gasteiger partial charge in [0.25, 0.3) is 5.91 Å². The van der Waals surface area contributed by atoms with Gasteiger partial charge in [0, 0.05) is 17.5 Å². The Bertz CT molecular complexity index is 819. The van der Waals surface area contributed by atoms with Crippen LogP contribution in [0.15, 0.2) is 18.2 Å². The van der Waals surface area contributed by atoms with E-state index in [-0.39, 0.29) is 18.6 Å². The molecule has 8 heteroatoms. The van der Waals surface area contributed by atoms with Gasteiger partial charge >= 0.3 is 0 Å². The Hall–Kier alpha value is -1.79. The summed E-state index contributed by atoms with van der Waals surface area (Å²) in [4.78, 5) is 19.0. The van der Waals surface area contributed by atoms with Crippen molar-refractivity contribution in [3.8, 4) is 5.75 Å². The van der Waals surface area contributed by atoms with Gasteiger partial charge < -0.3 is 9.64 Å². The molecule has 2 aromatic rings. The monoisotopic (exact) mass is 380 g/mol. The van der Waals surface area contributed by atoms with Gasteiger partial charge in [0.05, 0.1) is 17.6 Å². The summed E-state index contributed by atoms with van der Waals surface area (Å²) in [5, 5.41) is 5.49. The van der Waals surface area contributed by atoms with Crippen LogP contribution in [0.25, 0.3) is 0 Å². The molecular weight excluding hydrogens is 363 g/mol. The van der Waals surface area contributed by atoms with Crippen molar-refractivity contribution in [1.82, 2.24) is 19.7 Å². The summed E-state index contributed by atoms with van der Waals surface area (Å²) in [6.07, 6.45) is 2.33. The van der Waals surface area contributed by atoms with E-state index < -0.39 is 0 Å². The van der Waals surface area contributed by atoms with Crippen LogP contribution in [0.3, 0.4) is 0 Å². The van der Waals surface area contributed by atoms with Crippen LogP contribution in [0.5, 0.6) is 5.75 Å². The molecular formula is C17H18Cl2N4O2. The summed E-state index contributed by atoms with van der Waals surface area (Å²) < 4.78 is 7.50. The highest BCUT2D eigenvalue weighted by Gasteiger charge is 2.34. The van der Waals surface area contributed by atoms with E-state index in [9.17, 15) is 4.79 Å². The molecule has 6 nitrogen and oxygen atoms in total. The van der Waals surface area contributed by atoms with Crippen molar-refractivity contribution in [1.29, 1.82) is 0 Å². The first-order valence-corrected chi connectivity index (χ1v) is 9.10. The normalized spacial score (nSPS) is 19.6. The minimum atomic E-state index is -0.120. The predicted octanol–water partition coefficient (Wildman–Crippen LogP) is 3.44. The van der Waals surface area contributed by atoms with Crippen molar-refractivity contribution in [3.05, 3.63) is 39.9 Å². The number of ether oxygens (including phenoxy) is 1. The Morgan fingerprint density at radius 1 is 1.32 bits per heavy atom. The van der Waals surface area contributed by atoms with Crippen LogP contribution in [0.4, 0.5) is 0 Å². The van der Waals surface area contributed by atoms with Gasteiger partial charge in [0.1, 0.15) is 11.6 Å². The average molecular weight is 381 g/mol. The molecule has 2 heterocycles. The quantitative estimate of drug-likeness (QED) is 0.814. The number of carbonyl (C=O) groups is 1. The second-order valence-corrected chi connectivity index (χ2v) is 7.30. The van der Waals surface area contributed by atoms with Gasteiger partial charge in [-0.15, -0.1) is 0 Å². The standard InChI is InChI=1S/C17H18Cl2N4O2/c1-10-17-20-16(11-2-3-11)21-23(17)7-6-22(10)15(24)9-25-14-5-4-12(18)8-13(14)19/h4-5,8,10-11H,2-3,6-7,9H2,1H3/t10-/m1/s1. The van der Waals surface area contributed by atoms with E-state index in [2.05, 4.69) is 10.1 Å². The Balaban J connectivity index is 1.43. The number of nitrogens with zero attached hydrogens (tertiary/aromatic N) is 4. The molecule has 0 radical (unpaired) electrons. The van der Waals surface area contributed by atoms with Crippen molar-refractivity contribution in [2.24, 2.45) is 0 Å². The maximum absolute atomic E-state index is 12.6. The van der Waals surface area contributed by atoms with E-state index in [0.717, 1.165) is 24.5 Å². The molecule has 4 rings (SSSR count). The van der Waals surface area contributed by atoms with Crippen LogP contribution in [-0.4, -0.2) is 38.7 Å². The molecule has 1 aliphatic heterocycles. The predicted molar refractivity (Wildman–Crippen MR) is 94.1 cm³/mol. The molecule has 0 spiro atoms. The van der Waals surface area contributed by atoms with Gasteiger partial charge in [-0.1, -0.05) is 23.2 Å². The second-order valence-electron chi connectivity index (χ2n) is 6.45. The molecule has 25 heavy (non-hydrogen) atoms. The van der Waals surface area contributed by atoms with Crippen LogP contribution in [-0.2, 0) is 11.3 Å². The van der Waals surface area contributed by atoms with Crippen molar-refractivity contribution < 1.29 is 9.53 Å². The molecule has 1 atom stereocenters. The van der Waals surface area contributed by atoms with Gasteiger partial charge in [0.2, 0.25) is 0 Å². The molecule has 1 amide bonds. The first kappa shape index (κ1) is 16.7. The van der Waals surface area contributed by atoms with Gasteiger partial charge in [-0.2, -0.15) is 5.10 Å². The van der Waals surface area contributed by atoms with E-state index in [1.165, 1.54) is 0 Å². The van der Waals surface area contributed by atoms with Gasteiger partial charge in [-0.3, -0.25) is 4.79 Å². The largest absolute Gasteiger partial charge is 0.482 e. The number of carbonyl (C=O) groups excluding carboxylic acids is 1. The summed E-state index contributed by atoms with van der Waals surface area (Å²) >= 11 is 11.9. The van der Waals surface area contributed by atoms with E-state index in [1.54, 1.807) is 23.1 Å². The molecule has 132 valence electrons. The number of amides is 1.